The third kappa shape index (κ3) is 4.26. The summed E-state index contributed by atoms with van der Waals surface area (Å²) in [5.74, 6) is 1.35. The quantitative estimate of drug-likeness (QED) is 0.870. The fourth-order valence-corrected chi connectivity index (χ4v) is 3.73. The number of para-hydroxylation sites is 1. The fraction of sp³-hybridized carbons (Fsp3) is 0.444. The summed E-state index contributed by atoms with van der Waals surface area (Å²) in [5.41, 5.74) is 0. The van der Waals surface area contributed by atoms with E-state index >= 15 is 0 Å². The third-order valence-corrected chi connectivity index (χ3v) is 5.02. The second-order valence-corrected chi connectivity index (χ2v) is 6.97. The molecule has 5 nitrogen and oxygen atoms in total. The zero-order chi connectivity index (χ0) is 16.8. The molecule has 1 unspecified atom stereocenters. The molecule has 0 saturated carbocycles. The minimum atomic E-state index is 0.0843. The zero-order valence-electron chi connectivity index (χ0n) is 13.9. The second-order valence-electron chi connectivity index (χ2n) is 5.94. The topological polar surface area (TPSA) is 54.5 Å². The number of likely N-dealkylation sites (tertiary alicyclic amines) is 1. The fourth-order valence-electron chi connectivity index (χ4n) is 2.88. The molecule has 2 aromatic rings. The predicted molar refractivity (Wildman–Crippen MR) is 96.8 cm³/mol. The van der Waals surface area contributed by atoms with Gasteiger partial charge >= 0.3 is 0 Å². The molecule has 1 aromatic heterocycles. The number of amides is 1. The van der Waals surface area contributed by atoms with Crippen LogP contribution in [-0.4, -0.2) is 42.0 Å². The van der Waals surface area contributed by atoms with Crippen molar-refractivity contribution in [3.05, 3.63) is 41.4 Å². The average Bonchev–Trinajstić information content (AvgIpc) is 3.09. The summed E-state index contributed by atoms with van der Waals surface area (Å²) in [6.07, 6.45) is 3.80. The van der Waals surface area contributed by atoms with Gasteiger partial charge in [-0.2, -0.15) is 0 Å². The summed E-state index contributed by atoms with van der Waals surface area (Å²) in [5, 5.41) is 3.96. The van der Waals surface area contributed by atoms with Gasteiger partial charge in [0.05, 0.1) is 12.8 Å². The average molecular weight is 345 g/mol. The smallest absolute Gasteiger partial charge is 0.265 e. The maximum absolute atomic E-state index is 12.7. The van der Waals surface area contributed by atoms with Crippen molar-refractivity contribution in [2.75, 3.05) is 31.6 Å². The van der Waals surface area contributed by atoms with Gasteiger partial charge in [0.2, 0.25) is 0 Å². The summed E-state index contributed by atoms with van der Waals surface area (Å²) in [4.78, 5) is 19.6. The van der Waals surface area contributed by atoms with E-state index < -0.39 is 0 Å². The second kappa shape index (κ2) is 8.15. The molecule has 3 rings (SSSR count). The highest BCUT2D eigenvalue weighted by molar-refractivity contribution is 7.17. The first kappa shape index (κ1) is 16.8. The summed E-state index contributed by atoms with van der Waals surface area (Å²) in [6.45, 7) is 5.04. The van der Waals surface area contributed by atoms with Gasteiger partial charge in [-0.15, -0.1) is 0 Å². The van der Waals surface area contributed by atoms with E-state index in [4.69, 9.17) is 4.74 Å². The normalized spacial score (nSPS) is 17.5. The Hall–Kier alpha value is -2.08. The van der Waals surface area contributed by atoms with Crippen molar-refractivity contribution >= 4 is 22.4 Å². The van der Waals surface area contributed by atoms with Crippen LogP contribution in [0.2, 0.25) is 0 Å². The Labute approximate surface area is 146 Å². The Morgan fingerprint density at radius 3 is 3.04 bits per heavy atom. The highest BCUT2D eigenvalue weighted by Gasteiger charge is 2.26. The van der Waals surface area contributed by atoms with Crippen LogP contribution in [0.5, 0.6) is 5.75 Å². The van der Waals surface area contributed by atoms with E-state index in [-0.39, 0.29) is 5.91 Å². The van der Waals surface area contributed by atoms with Crippen molar-refractivity contribution < 1.29 is 9.53 Å². The molecule has 1 aliphatic rings. The van der Waals surface area contributed by atoms with Gasteiger partial charge in [0.15, 0.2) is 5.13 Å². The third-order valence-electron chi connectivity index (χ3n) is 4.08. The maximum atomic E-state index is 12.7. The van der Waals surface area contributed by atoms with Crippen LogP contribution in [0, 0.1) is 5.92 Å². The number of rotatable bonds is 6. The van der Waals surface area contributed by atoms with Crippen LogP contribution >= 0.6 is 11.3 Å². The van der Waals surface area contributed by atoms with Crippen molar-refractivity contribution in [3.63, 3.8) is 0 Å². The van der Waals surface area contributed by atoms with E-state index in [0.29, 0.717) is 17.4 Å². The van der Waals surface area contributed by atoms with Gasteiger partial charge in [-0.05, 0) is 31.9 Å². The minimum Gasteiger partial charge on any atom is -0.493 e. The van der Waals surface area contributed by atoms with Gasteiger partial charge in [-0.25, -0.2) is 4.98 Å². The molecule has 6 heteroatoms. The van der Waals surface area contributed by atoms with Crippen LogP contribution < -0.4 is 10.1 Å². The lowest BCUT2D eigenvalue weighted by molar-refractivity contribution is 0.0638. The van der Waals surface area contributed by atoms with Crippen molar-refractivity contribution in [2.45, 2.75) is 19.8 Å². The van der Waals surface area contributed by atoms with E-state index in [0.717, 1.165) is 43.4 Å². The van der Waals surface area contributed by atoms with Crippen molar-refractivity contribution in [1.82, 2.24) is 9.88 Å². The number of thiazole rings is 1. The number of aromatic nitrogens is 1. The highest BCUT2D eigenvalue weighted by atomic mass is 32.1. The molecule has 128 valence electrons. The van der Waals surface area contributed by atoms with Crippen LogP contribution in [0.3, 0.4) is 0 Å². The van der Waals surface area contributed by atoms with Crippen LogP contribution in [0.1, 0.15) is 29.4 Å². The van der Waals surface area contributed by atoms with Crippen LogP contribution in [0.15, 0.2) is 36.5 Å². The van der Waals surface area contributed by atoms with Crippen LogP contribution in [0.25, 0.3) is 0 Å². The lowest BCUT2D eigenvalue weighted by Gasteiger charge is -2.32. The number of hydrogen-bond donors (Lipinski definition) is 1. The molecule has 0 radical (unpaired) electrons. The van der Waals surface area contributed by atoms with Gasteiger partial charge in [0.25, 0.3) is 5.91 Å². The van der Waals surface area contributed by atoms with Gasteiger partial charge in [-0.1, -0.05) is 29.5 Å². The molecule has 0 bridgehead atoms. The number of nitrogens with zero attached hydrogens (tertiary/aromatic N) is 2. The number of hydrogen-bond acceptors (Lipinski definition) is 5. The SMILES string of the molecule is CCNc1ncc(C(=O)N2CCCC(COc3ccccc3)C2)s1. The number of carbonyl (C=O) groups is 1. The number of carbonyl (C=O) groups excluding carboxylic acids is 1. The first-order valence-electron chi connectivity index (χ1n) is 8.43. The molecule has 1 fully saturated rings. The monoisotopic (exact) mass is 345 g/mol. The maximum Gasteiger partial charge on any atom is 0.265 e. The predicted octanol–water partition coefficient (Wildman–Crippen LogP) is 3.51. The lowest BCUT2D eigenvalue weighted by atomic mass is 9.99. The number of piperidine rings is 1. The van der Waals surface area contributed by atoms with Crippen molar-refractivity contribution in [1.29, 1.82) is 0 Å². The summed E-state index contributed by atoms with van der Waals surface area (Å²) < 4.78 is 5.86. The lowest BCUT2D eigenvalue weighted by Crippen LogP contribution is -2.41. The highest BCUT2D eigenvalue weighted by Crippen LogP contribution is 2.24. The molecule has 0 spiro atoms. The number of anilines is 1. The number of ether oxygens (including phenoxy) is 1. The Balaban J connectivity index is 1.55. The molecule has 1 N–H and O–H groups in total. The molecule has 1 amide bonds. The van der Waals surface area contributed by atoms with Crippen LogP contribution in [-0.2, 0) is 0 Å². The largest absolute Gasteiger partial charge is 0.493 e. The van der Waals surface area contributed by atoms with Crippen molar-refractivity contribution in [2.24, 2.45) is 5.92 Å². The molecular weight excluding hydrogens is 322 g/mol. The first-order chi connectivity index (χ1) is 11.8. The molecule has 1 aromatic carbocycles. The van der Waals surface area contributed by atoms with Crippen LogP contribution in [0.4, 0.5) is 5.13 Å². The Kier molecular flexibility index (Phi) is 5.69. The molecular formula is C18H23N3O2S. The van der Waals surface area contributed by atoms with Gasteiger partial charge in [0.1, 0.15) is 10.6 Å². The summed E-state index contributed by atoms with van der Waals surface area (Å²) in [6, 6.07) is 9.84. The summed E-state index contributed by atoms with van der Waals surface area (Å²) >= 11 is 1.43. The molecule has 0 aliphatic carbocycles. The van der Waals surface area contributed by atoms with E-state index in [1.165, 1.54) is 11.3 Å². The molecule has 1 atom stereocenters. The Morgan fingerprint density at radius 1 is 1.42 bits per heavy atom. The number of nitrogens with one attached hydrogen (secondary N) is 1. The molecule has 24 heavy (non-hydrogen) atoms. The first-order valence-corrected chi connectivity index (χ1v) is 9.24. The van der Waals surface area contributed by atoms with E-state index in [9.17, 15) is 4.79 Å². The van der Waals surface area contributed by atoms with Gasteiger partial charge < -0.3 is 15.0 Å². The number of benzene rings is 1. The standard InChI is InChI=1S/C18H23N3O2S/c1-2-19-18-20-11-16(24-18)17(22)21-10-6-7-14(12-21)13-23-15-8-4-3-5-9-15/h3-5,8-9,11,14H,2,6-7,10,12-13H2,1H3,(H,19,20). The van der Waals surface area contributed by atoms with E-state index in [2.05, 4.69) is 10.3 Å². The Bertz CT molecular complexity index is 659. The zero-order valence-corrected chi connectivity index (χ0v) is 14.7. The van der Waals surface area contributed by atoms with E-state index in [1.54, 1.807) is 6.20 Å². The van der Waals surface area contributed by atoms with E-state index in [1.807, 2.05) is 42.2 Å². The van der Waals surface area contributed by atoms with Gasteiger partial charge in [-0.3, -0.25) is 4.79 Å². The van der Waals surface area contributed by atoms with Gasteiger partial charge in [0, 0.05) is 25.6 Å². The molecule has 2 heterocycles. The van der Waals surface area contributed by atoms with Crippen molar-refractivity contribution in [3.8, 4) is 5.75 Å². The Morgan fingerprint density at radius 2 is 2.25 bits per heavy atom. The summed E-state index contributed by atoms with van der Waals surface area (Å²) in [7, 11) is 0. The molecule has 1 aliphatic heterocycles. The minimum absolute atomic E-state index is 0.0843. The molecule has 1 saturated heterocycles.